The van der Waals surface area contributed by atoms with Crippen LogP contribution in [0.2, 0.25) is 0 Å². The molecule has 164 valence electrons. The standard InChI is InChI=1S/C23H39N3O3/c1-8-22(19(5)25-20(6)28-7)23(27)16-26-12-10-21(11-13-26)24-15-17(3)14-18(4)29-9-2/h8,14,21,23-24,27H,3,5,9-13,15-16H2,1-2,4,6-7H3/b18-14+,22-8+,25-20?. The normalized spacial score (nSPS) is 18.5. The maximum absolute atomic E-state index is 10.7. The summed E-state index contributed by atoms with van der Waals surface area (Å²) in [6, 6.07) is 0.464. The Bertz CT molecular complexity index is 629. The van der Waals surface area contributed by atoms with Gasteiger partial charge in [-0.3, -0.25) is 0 Å². The highest BCUT2D eigenvalue weighted by Crippen LogP contribution is 2.18. The monoisotopic (exact) mass is 405 g/mol. The van der Waals surface area contributed by atoms with Crippen LogP contribution < -0.4 is 5.32 Å². The second-order valence-corrected chi connectivity index (χ2v) is 7.34. The van der Waals surface area contributed by atoms with Gasteiger partial charge in [0.1, 0.15) is 0 Å². The Balaban J connectivity index is 2.43. The van der Waals surface area contributed by atoms with Crippen molar-refractivity contribution in [3.63, 3.8) is 0 Å². The smallest absolute Gasteiger partial charge is 0.184 e. The van der Waals surface area contributed by atoms with Crippen molar-refractivity contribution < 1.29 is 14.6 Å². The SMILES string of the molecule is C=C(/C=C(\C)OCC)CNC1CCN(CC(O)/C(=C/C)C(=C)N=C(C)OC)CC1. The second kappa shape index (κ2) is 13.4. The molecule has 29 heavy (non-hydrogen) atoms. The average Bonchev–Trinajstić information content (AvgIpc) is 2.68. The van der Waals surface area contributed by atoms with E-state index in [1.165, 1.54) is 0 Å². The van der Waals surface area contributed by atoms with Gasteiger partial charge in [-0.15, -0.1) is 0 Å². The number of likely N-dealkylation sites (tertiary alicyclic amines) is 1. The van der Waals surface area contributed by atoms with Crippen molar-refractivity contribution in [1.82, 2.24) is 10.2 Å². The number of piperidine rings is 1. The number of aliphatic hydroxyl groups is 1. The number of hydrogen-bond acceptors (Lipinski definition) is 6. The molecule has 1 saturated heterocycles. The maximum atomic E-state index is 10.7. The molecule has 6 nitrogen and oxygen atoms in total. The van der Waals surface area contributed by atoms with Crippen LogP contribution in [0.25, 0.3) is 0 Å². The van der Waals surface area contributed by atoms with E-state index >= 15 is 0 Å². The summed E-state index contributed by atoms with van der Waals surface area (Å²) in [5.74, 6) is 1.43. The van der Waals surface area contributed by atoms with Crippen molar-refractivity contribution in [3.05, 3.63) is 47.9 Å². The van der Waals surface area contributed by atoms with E-state index in [1.54, 1.807) is 14.0 Å². The molecule has 0 aromatic carbocycles. The van der Waals surface area contributed by atoms with Gasteiger partial charge in [0.05, 0.1) is 31.3 Å². The molecule has 0 amide bonds. The molecule has 0 aromatic heterocycles. The van der Waals surface area contributed by atoms with Crippen LogP contribution in [-0.4, -0.2) is 67.9 Å². The van der Waals surface area contributed by atoms with Crippen molar-refractivity contribution in [2.45, 2.75) is 52.7 Å². The third-order valence-corrected chi connectivity index (χ3v) is 5.01. The van der Waals surface area contributed by atoms with Gasteiger partial charge in [0.15, 0.2) is 5.90 Å². The summed E-state index contributed by atoms with van der Waals surface area (Å²) in [6.45, 7) is 19.6. The van der Waals surface area contributed by atoms with Crippen LogP contribution in [0.5, 0.6) is 0 Å². The van der Waals surface area contributed by atoms with Crippen LogP contribution in [0.3, 0.4) is 0 Å². The van der Waals surface area contributed by atoms with Gasteiger partial charge in [-0.1, -0.05) is 19.2 Å². The summed E-state index contributed by atoms with van der Waals surface area (Å²) in [6.07, 6.45) is 5.33. The molecule has 2 N–H and O–H groups in total. The Hall–Kier alpha value is -1.89. The number of rotatable bonds is 11. The van der Waals surface area contributed by atoms with Crippen molar-refractivity contribution in [2.75, 3.05) is 39.9 Å². The zero-order valence-corrected chi connectivity index (χ0v) is 18.8. The van der Waals surface area contributed by atoms with E-state index in [9.17, 15) is 5.11 Å². The summed E-state index contributed by atoms with van der Waals surface area (Å²) in [4.78, 5) is 6.58. The summed E-state index contributed by atoms with van der Waals surface area (Å²) in [7, 11) is 1.57. The molecule has 1 aliphatic heterocycles. The Morgan fingerprint density at radius 1 is 1.31 bits per heavy atom. The lowest BCUT2D eigenvalue weighted by molar-refractivity contribution is 0.116. The minimum atomic E-state index is -0.614. The number of aliphatic hydroxyl groups excluding tert-OH is 1. The van der Waals surface area contributed by atoms with Crippen molar-refractivity contribution in [1.29, 1.82) is 0 Å². The second-order valence-electron chi connectivity index (χ2n) is 7.34. The lowest BCUT2D eigenvalue weighted by Crippen LogP contribution is -2.45. The molecule has 1 heterocycles. The molecule has 0 saturated carbocycles. The quantitative estimate of drug-likeness (QED) is 0.239. The zero-order chi connectivity index (χ0) is 21.8. The zero-order valence-electron chi connectivity index (χ0n) is 18.8. The number of nitrogens with one attached hydrogen (secondary N) is 1. The Morgan fingerprint density at radius 3 is 2.52 bits per heavy atom. The first-order valence-corrected chi connectivity index (χ1v) is 10.4. The molecule has 0 aliphatic carbocycles. The number of ether oxygens (including phenoxy) is 2. The first kappa shape index (κ1) is 25.1. The molecule has 1 fully saturated rings. The van der Waals surface area contributed by atoms with Crippen LogP contribution in [0, 0.1) is 0 Å². The molecular formula is C23H39N3O3. The van der Waals surface area contributed by atoms with Gasteiger partial charge in [0.25, 0.3) is 0 Å². The number of aliphatic imine (C=N–C) groups is 1. The first-order chi connectivity index (χ1) is 13.8. The fourth-order valence-electron chi connectivity index (χ4n) is 3.40. The van der Waals surface area contributed by atoms with Gasteiger partial charge in [0.2, 0.25) is 0 Å². The highest BCUT2D eigenvalue weighted by molar-refractivity contribution is 5.74. The number of allylic oxidation sites excluding steroid dienone is 2. The third-order valence-electron chi connectivity index (χ3n) is 5.01. The average molecular weight is 406 g/mol. The highest BCUT2D eigenvalue weighted by atomic mass is 16.5. The van der Waals surface area contributed by atoms with E-state index in [-0.39, 0.29) is 0 Å². The highest BCUT2D eigenvalue weighted by Gasteiger charge is 2.23. The molecule has 1 rings (SSSR count). The maximum Gasteiger partial charge on any atom is 0.184 e. The van der Waals surface area contributed by atoms with Gasteiger partial charge >= 0.3 is 0 Å². The molecule has 6 heteroatoms. The van der Waals surface area contributed by atoms with E-state index < -0.39 is 6.10 Å². The topological polar surface area (TPSA) is 66.3 Å². The van der Waals surface area contributed by atoms with Crippen LogP contribution in [-0.2, 0) is 9.47 Å². The summed E-state index contributed by atoms with van der Waals surface area (Å²) >= 11 is 0. The molecule has 0 radical (unpaired) electrons. The largest absolute Gasteiger partial charge is 0.499 e. The van der Waals surface area contributed by atoms with Crippen molar-refractivity contribution >= 4 is 5.90 Å². The molecule has 0 bridgehead atoms. The lowest BCUT2D eigenvalue weighted by Gasteiger charge is -2.34. The summed E-state index contributed by atoms with van der Waals surface area (Å²) in [5.41, 5.74) is 2.32. The summed E-state index contributed by atoms with van der Waals surface area (Å²) < 4.78 is 10.5. The Morgan fingerprint density at radius 2 is 1.97 bits per heavy atom. The van der Waals surface area contributed by atoms with Crippen LogP contribution in [0.4, 0.5) is 0 Å². The molecule has 1 atom stereocenters. The third kappa shape index (κ3) is 9.43. The minimum Gasteiger partial charge on any atom is -0.499 e. The molecule has 1 unspecified atom stereocenters. The number of hydrogen-bond donors (Lipinski definition) is 2. The van der Waals surface area contributed by atoms with E-state index in [0.29, 0.717) is 30.8 Å². The predicted molar refractivity (Wildman–Crippen MR) is 121 cm³/mol. The molecule has 1 aliphatic rings. The van der Waals surface area contributed by atoms with E-state index in [2.05, 4.69) is 28.4 Å². The Kier molecular flexibility index (Phi) is 11.6. The van der Waals surface area contributed by atoms with E-state index in [1.807, 2.05) is 32.9 Å². The lowest BCUT2D eigenvalue weighted by atomic mass is 10.0. The van der Waals surface area contributed by atoms with Crippen LogP contribution in [0.15, 0.2) is 52.9 Å². The van der Waals surface area contributed by atoms with Gasteiger partial charge in [-0.05, 0) is 58.4 Å². The molecule has 0 aromatic rings. The number of methoxy groups -OCH3 is 1. The van der Waals surface area contributed by atoms with Crippen molar-refractivity contribution in [3.8, 4) is 0 Å². The minimum absolute atomic E-state index is 0.464. The predicted octanol–water partition coefficient (Wildman–Crippen LogP) is 3.42. The van der Waals surface area contributed by atoms with Crippen LogP contribution in [0.1, 0.15) is 40.5 Å². The van der Waals surface area contributed by atoms with Gasteiger partial charge in [-0.25, -0.2) is 4.99 Å². The van der Waals surface area contributed by atoms with Gasteiger partial charge in [-0.2, -0.15) is 0 Å². The Labute approximate surface area is 176 Å². The fourth-order valence-corrected chi connectivity index (χ4v) is 3.40. The van der Waals surface area contributed by atoms with Gasteiger partial charge < -0.3 is 24.8 Å². The number of nitrogens with zero attached hydrogens (tertiary/aromatic N) is 2. The summed E-state index contributed by atoms with van der Waals surface area (Å²) in [5, 5.41) is 14.2. The van der Waals surface area contributed by atoms with E-state index in [4.69, 9.17) is 9.47 Å². The van der Waals surface area contributed by atoms with E-state index in [0.717, 1.165) is 49.4 Å². The van der Waals surface area contributed by atoms with Gasteiger partial charge in [0, 0.05) is 31.6 Å². The first-order valence-electron chi connectivity index (χ1n) is 10.4. The number of β-amino-alcohol motifs (C(OH)–C–C–N with tert-alkyl or cyclic N) is 1. The fraction of sp³-hybridized carbons (Fsp3) is 0.609. The molecular weight excluding hydrogens is 366 g/mol. The van der Waals surface area contributed by atoms with Crippen molar-refractivity contribution in [2.24, 2.45) is 4.99 Å². The van der Waals surface area contributed by atoms with Crippen LogP contribution >= 0.6 is 0 Å². The molecule has 0 spiro atoms.